The molecule has 2 aliphatic rings. The maximum absolute atomic E-state index is 13.2. The van der Waals surface area contributed by atoms with Crippen LogP contribution < -0.4 is 4.74 Å². The molecule has 2 bridgehead atoms. The lowest BCUT2D eigenvalue weighted by molar-refractivity contribution is 0.0904. The number of ketones is 1. The van der Waals surface area contributed by atoms with E-state index in [2.05, 4.69) is 0 Å². The van der Waals surface area contributed by atoms with Crippen LogP contribution in [-0.4, -0.2) is 31.8 Å². The standard InChI is InChI=1S/C19H20O4S/c1-23-17-9-6-12-4-2-3-5-16(12)18(17)19(20)13-10-14-7-8-15(11-13)24(14,21)22/h2-6,9,13-15H,7-8,10-11H2,1H3. The number of methoxy groups -OCH3 is 1. The molecule has 0 amide bonds. The maximum atomic E-state index is 13.2. The van der Waals surface area contributed by atoms with Crippen molar-refractivity contribution >= 4 is 26.4 Å². The number of carbonyl (C=O) groups excluding carboxylic acids is 1. The van der Waals surface area contributed by atoms with Crippen molar-refractivity contribution in [1.29, 1.82) is 0 Å². The van der Waals surface area contributed by atoms with E-state index in [9.17, 15) is 13.2 Å². The van der Waals surface area contributed by atoms with Crippen molar-refractivity contribution in [2.24, 2.45) is 5.92 Å². The van der Waals surface area contributed by atoms with Gasteiger partial charge in [0.15, 0.2) is 15.6 Å². The molecule has 126 valence electrons. The Labute approximate surface area is 141 Å². The first-order valence-corrected chi connectivity index (χ1v) is 9.96. The molecule has 2 aliphatic heterocycles. The minimum atomic E-state index is -3.02. The summed E-state index contributed by atoms with van der Waals surface area (Å²) in [6.07, 6.45) is 2.29. The van der Waals surface area contributed by atoms with E-state index in [1.54, 1.807) is 7.11 Å². The summed E-state index contributed by atoms with van der Waals surface area (Å²) < 4.78 is 30.0. The maximum Gasteiger partial charge on any atom is 0.170 e. The van der Waals surface area contributed by atoms with E-state index in [-0.39, 0.29) is 22.2 Å². The van der Waals surface area contributed by atoms with Gasteiger partial charge in [0.2, 0.25) is 0 Å². The number of hydrogen-bond acceptors (Lipinski definition) is 4. The molecule has 0 spiro atoms. The quantitative estimate of drug-likeness (QED) is 0.801. The zero-order valence-electron chi connectivity index (χ0n) is 13.6. The summed E-state index contributed by atoms with van der Waals surface area (Å²) in [5.74, 6) is 0.362. The highest BCUT2D eigenvalue weighted by atomic mass is 32.2. The number of ether oxygens (including phenoxy) is 1. The average molecular weight is 344 g/mol. The van der Waals surface area contributed by atoms with Gasteiger partial charge in [0, 0.05) is 5.92 Å². The molecular formula is C19H20O4S. The number of carbonyl (C=O) groups is 1. The Bertz CT molecular complexity index is 896. The summed E-state index contributed by atoms with van der Waals surface area (Å²) in [5.41, 5.74) is 0.597. The Morgan fingerprint density at radius 1 is 1.04 bits per heavy atom. The number of fused-ring (bicyclic) bond motifs is 3. The molecule has 0 aliphatic carbocycles. The van der Waals surface area contributed by atoms with Gasteiger partial charge in [-0.05, 0) is 42.5 Å². The van der Waals surface area contributed by atoms with Gasteiger partial charge in [-0.25, -0.2) is 8.42 Å². The molecule has 5 heteroatoms. The van der Waals surface area contributed by atoms with Crippen molar-refractivity contribution in [1.82, 2.24) is 0 Å². The summed E-state index contributed by atoms with van der Waals surface area (Å²) in [4.78, 5) is 13.2. The highest BCUT2D eigenvalue weighted by molar-refractivity contribution is 7.93. The van der Waals surface area contributed by atoms with Crippen molar-refractivity contribution < 1.29 is 17.9 Å². The van der Waals surface area contributed by atoms with Crippen LogP contribution in [0.25, 0.3) is 10.8 Å². The predicted molar refractivity (Wildman–Crippen MR) is 93.3 cm³/mol. The number of sulfone groups is 1. The normalized spacial score (nSPS) is 28.0. The van der Waals surface area contributed by atoms with Crippen LogP contribution in [0.1, 0.15) is 36.0 Å². The lowest BCUT2D eigenvalue weighted by Gasteiger charge is -2.27. The second kappa shape index (κ2) is 5.59. The topological polar surface area (TPSA) is 60.4 Å². The molecule has 2 saturated heterocycles. The molecule has 0 aromatic heterocycles. The molecule has 2 heterocycles. The van der Waals surface area contributed by atoms with Crippen LogP contribution >= 0.6 is 0 Å². The third kappa shape index (κ3) is 2.25. The van der Waals surface area contributed by atoms with E-state index in [0.29, 0.717) is 37.0 Å². The van der Waals surface area contributed by atoms with Gasteiger partial charge in [-0.1, -0.05) is 30.3 Å². The highest BCUT2D eigenvalue weighted by Crippen LogP contribution is 2.43. The van der Waals surface area contributed by atoms with Gasteiger partial charge in [-0.3, -0.25) is 4.79 Å². The highest BCUT2D eigenvalue weighted by Gasteiger charge is 2.48. The van der Waals surface area contributed by atoms with Gasteiger partial charge in [-0.15, -0.1) is 0 Å². The third-order valence-corrected chi connectivity index (χ3v) is 8.28. The Kier molecular flexibility index (Phi) is 3.64. The van der Waals surface area contributed by atoms with E-state index in [1.165, 1.54) is 0 Å². The molecule has 2 unspecified atom stereocenters. The Balaban J connectivity index is 1.77. The average Bonchev–Trinajstić information content (AvgIpc) is 2.78. The summed E-state index contributed by atoms with van der Waals surface area (Å²) in [6, 6.07) is 11.5. The lowest BCUT2D eigenvalue weighted by Crippen LogP contribution is -2.36. The number of Topliss-reactive ketones (excluding diaryl/α,β-unsaturated/α-hetero) is 1. The molecular weight excluding hydrogens is 324 g/mol. The molecule has 2 fully saturated rings. The van der Waals surface area contributed by atoms with E-state index >= 15 is 0 Å². The van der Waals surface area contributed by atoms with Crippen molar-refractivity contribution in [2.75, 3.05) is 7.11 Å². The second-order valence-corrected chi connectivity index (χ2v) is 9.32. The van der Waals surface area contributed by atoms with E-state index < -0.39 is 9.84 Å². The SMILES string of the molecule is COc1ccc2ccccc2c1C(=O)C1CC2CCC(C1)S2(=O)=O. The Hall–Kier alpha value is -1.88. The lowest BCUT2D eigenvalue weighted by atomic mass is 9.87. The summed E-state index contributed by atoms with van der Waals surface area (Å²) in [5, 5.41) is 1.19. The molecule has 2 aromatic rings. The molecule has 2 aromatic carbocycles. The van der Waals surface area contributed by atoms with Crippen LogP contribution in [0.2, 0.25) is 0 Å². The van der Waals surface area contributed by atoms with Crippen molar-refractivity contribution in [3.63, 3.8) is 0 Å². The summed E-state index contributed by atoms with van der Waals surface area (Å²) >= 11 is 0. The Morgan fingerprint density at radius 2 is 1.71 bits per heavy atom. The Morgan fingerprint density at radius 3 is 2.38 bits per heavy atom. The molecule has 4 nitrogen and oxygen atoms in total. The minimum Gasteiger partial charge on any atom is -0.496 e. The smallest absolute Gasteiger partial charge is 0.170 e. The first-order valence-electron chi connectivity index (χ1n) is 8.35. The molecule has 0 saturated carbocycles. The third-order valence-electron chi connectivity index (χ3n) is 5.56. The fourth-order valence-electron chi connectivity index (χ4n) is 4.30. The zero-order valence-corrected chi connectivity index (χ0v) is 14.4. The molecule has 0 N–H and O–H groups in total. The molecule has 0 radical (unpaired) electrons. The first kappa shape index (κ1) is 15.6. The summed E-state index contributed by atoms with van der Waals surface area (Å²) in [7, 11) is -1.45. The van der Waals surface area contributed by atoms with Crippen molar-refractivity contribution in [2.45, 2.75) is 36.2 Å². The van der Waals surface area contributed by atoms with Crippen LogP contribution in [0.3, 0.4) is 0 Å². The van der Waals surface area contributed by atoms with Crippen LogP contribution in [0, 0.1) is 5.92 Å². The van der Waals surface area contributed by atoms with Crippen molar-refractivity contribution in [3.05, 3.63) is 42.0 Å². The zero-order chi connectivity index (χ0) is 16.9. The molecule has 4 rings (SSSR count). The van der Waals surface area contributed by atoms with Gasteiger partial charge in [0.05, 0.1) is 23.2 Å². The predicted octanol–water partition coefficient (Wildman–Crippen LogP) is 3.39. The van der Waals surface area contributed by atoms with Crippen LogP contribution in [0.15, 0.2) is 36.4 Å². The monoisotopic (exact) mass is 344 g/mol. The number of hydrogen-bond donors (Lipinski definition) is 0. The second-order valence-electron chi connectivity index (χ2n) is 6.81. The fraction of sp³-hybridized carbons (Fsp3) is 0.421. The number of benzene rings is 2. The van der Waals surface area contributed by atoms with E-state index in [4.69, 9.17) is 4.74 Å². The van der Waals surface area contributed by atoms with Gasteiger partial charge in [-0.2, -0.15) is 0 Å². The number of rotatable bonds is 3. The van der Waals surface area contributed by atoms with Gasteiger partial charge < -0.3 is 4.74 Å². The fourth-order valence-corrected chi connectivity index (χ4v) is 6.78. The molecule has 24 heavy (non-hydrogen) atoms. The van der Waals surface area contributed by atoms with Crippen LogP contribution in [-0.2, 0) is 9.84 Å². The van der Waals surface area contributed by atoms with Gasteiger partial charge >= 0.3 is 0 Å². The van der Waals surface area contributed by atoms with Gasteiger partial charge in [0.25, 0.3) is 0 Å². The first-order chi connectivity index (χ1) is 11.5. The van der Waals surface area contributed by atoms with E-state index in [0.717, 1.165) is 10.8 Å². The minimum absolute atomic E-state index is 0.0236. The van der Waals surface area contributed by atoms with Crippen molar-refractivity contribution in [3.8, 4) is 5.75 Å². The molecule has 2 atom stereocenters. The van der Waals surface area contributed by atoms with Gasteiger partial charge in [0.1, 0.15) is 5.75 Å². The summed E-state index contributed by atoms with van der Waals surface area (Å²) in [6.45, 7) is 0. The van der Waals surface area contributed by atoms with E-state index in [1.807, 2.05) is 36.4 Å². The largest absolute Gasteiger partial charge is 0.496 e. The van der Waals surface area contributed by atoms with Crippen LogP contribution in [0.4, 0.5) is 0 Å². The van der Waals surface area contributed by atoms with Crippen LogP contribution in [0.5, 0.6) is 5.75 Å².